The van der Waals surface area contributed by atoms with Gasteiger partial charge in [0.05, 0.1) is 5.60 Å². The lowest BCUT2D eigenvalue weighted by atomic mass is 9.86. The molecule has 4 heteroatoms. The Kier molecular flexibility index (Phi) is 4.27. The molecule has 0 bridgehead atoms. The van der Waals surface area contributed by atoms with E-state index in [1.54, 1.807) is 18.0 Å². The van der Waals surface area contributed by atoms with Crippen molar-refractivity contribution in [3.05, 3.63) is 22.8 Å². The molecular weight excluding hydrogens is 286 g/mol. The lowest BCUT2D eigenvalue weighted by molar-refractivity contribution is 0.0272. The molecule has 1 aliphatic carbocycles. The molecule has 2 rings (SSSR count). The third kappa shape index (κ3) is 3.22. The van der Waals surface area contributed by atoms with Crippen LogP contribution in [0.15, 0.2) is 27.8 Å². The highest BCUT2D eigenvalue weighted by atomic mass is 79.9. The zero-order valence-corrected chi connectivity index (χ0v) is 11.6. The number of thioether (sulfide) groups is 1. The van der Waals surface area contributed by atoms with Crippen LogP contribution in [0.3, 0.4) is 0 Å². The van der Waals surface area contributed by atoms with Gasteiger partial charge in [-0.3, -0.25) is 0 Å². The van der Waals surface area contributed by atoms with Crippen molar-refractivity contribution in [2.75, 3.05) is 5.75 Å². The quantitative estimate of drug-likeness (QED) is 0.866. The molecule has 16 heavy (non-hydrogen) atoms. The van der Waals surface area contributed by atoms with Crippen molar-refractivity contribution in [2.24, 2.45) is 0 Å². The molecule has 0 saturated heterocycles. The van der Waals surface area contributed by atoms with Crippen molar-refractivity contribution in [3.63, 3.8) is 0 Å². The zero-order valence-electron chi connectivity index (χ0n) is 9.16. The molecule has 1 saturated carbocycles. The van der Waals surface area contributed by atoms with Gasteiger partial charge in [-0.25, -0.2) is 4.98 Å². The number of halogens is 1. The predicted octanol–water partition coefficient (Wildman–Crippen LogP) is 3.63. The number of hydrogen-bond donors (Lipinski definition) is 1. The molecule has 1 heterocycles. The summed E-state index contributed by atoms with van der Waals surface area (Å²) in [5.74, 6) is 0.753. The SMILES string of the molecule is OC1(CSc2ncccc2Br)CCCCC1. The van der Waals surface area contributed by atoms with Crippen LogP contribution in [-0.4, -0.2) is 21.4 Å². The van der Waals surface area contributed by atoms with Crippen molar-refractivity contribution in [2.45, 2.75) is 42.7 Å². The molecule has 1 N–H and O–H groups in total. The summed E-state index contributed by atoms with van der Waals surface area (Å²) in [5, 5.41) is 11.3. The summed E-state index contributed by atoms with van der Waals surface area (Å²) in [4.78, 5) is 4.30. The van der Waals surface area contributed by atoms with Crippen molar-refractivity contribution in [1.29, 1.82) is 0 Å². The first kappa shape index (κ1) is 12.4. The standard InChI is InChI=1S/C12H16BrNOS/c13-10-5-4-8-14-11(10)16-9-12(15)6-2-1-3-7-12/h4-5,8,15H,1-3,6-7,9H2. The number of pyridine rings is 1. The van der Waals surface area contributed by atoms with Gasteiger partial charge in [-0.2, -0.15) is 0 Å². The minimum atomic E-state index is -0.472. The van der Waals surface area contributed by atoms with E-state index >= 15 is 0 Å². The fraction of sp³-hybridized carbons (Fsp3) is 0.583. The molecule has 1 fully saturated rings. The molecule has 1 aromatic rings. The average Bonchev–Trinajstić information content (AvgIpc) is 2.29. The second-order valence-corrected chi connectivity index (χ2v) is 6.18. The normalized spacial score (nSPS) is 19.6. The van der Waals surface area contributed by atoms with Gasteiger partial charge in [-0.15, -0.1) is 11.8 Å². The maximum Gasteiger partial charge on any atom is 0.110 e. The average molecular weight is 302 g/mol. The maximum atomic E-state index is 10.4. The molecule has 0 spiro atoms. The van der Waals surface area contributed by atoms with Crippen molar-refractivity contribution in [3.8, 4) is 0 Å². The number of aliphatic hydroxyl groups is 1. The Bertz CT molecular complexity index is 353. The highest BCUT2D eigenvalue weighted by Gasteiger charge is 2.29. The topological polar surface area (TPSA) is 33.1 Å². The highest BCUT2D eigenvalue weighted by molar-refractivity contribution is 9.10. The van der Waals surface area contributed by atoms with Gasteiger partial charge in [0.1, 0.15) is 5.03 Å². The summed E-state index contributed by atoms with van der Waals surface area (Å²) in [6, 6.07) is 3.89. The fourth-order valence-electron chi connectivity index (χ4n) is 2.03. The first-order chi connectivity index (χ1) is 7.70. The van der Waals surface area contributed by atoms with E-state index in [0.29, 0.717) is 0 Å². The molecule has 2 nitrogen and oxygen atoms in total. The van der Waals surface area contributed by atoms with Crippen LogP contribution < -0.4 is 0 Å². The fourth-order valence-corrected chi connectivity index (χ4v) is 3.67. The predicted molar refractivity (Wildman–Crippen MR) is 70.7 cm³/mol. The summed E-state index contributed by atoms with van der Waals surface area (Å²) in [7, 11) is 0. The van der Waals surface area contributed by atoms with Gasteiger partial charge in [-0.1, -0.05) is 19.3 Å². The first-order valence-electron chi connectivity index (χ1n) is 5.65. The Hall–Kier alpha value is -0.0600. The molecule has 0 aliphatic heterocycles. The second kappa shape index (κ2) is 5.52. The molecule has 0 aromatic carbocycles. The zero-order chi connectivity index (χ0) is 11.4. The minimum Gasteiger partial charge on any atom is -0.389 e. The van der Waals surface area contributed by atoms with Crippen LogP contribution in [0.5, 0.6) is 0 Å². The smallest absolute Gasteiger partial charge is 0.110 e. The summed E-state index contributed by atoms with van der Waals surface area (Å²) < 4.78 is 1.01. The van der Waals surface area contributed by atoms with Crippen LogP contribution in [0.25, 0.3) is 0 Å². The van der Waals surface area contributed by atoms with E-state index in [-0.39, 0.29) is 0 Å². The Balaban J connectivity index is 1.94. The van der Waals surface area contributed by atoms with Crippen LogP contribution in [0.4, 0.5) is 0 Å². The summed E-state index contributed by atoms with van der Waals surface area (Å²) in [6.45, 7) is 0. The number of hydrogen-bond acceptors (Lipinski definition) is 3. The van der Waals surface area contributed by atoms with E-state index < -0.39 is 5.60 Å². The third-order valence-corrected chi connectivity index (χ3v) is 5.17. The van der Waals surface area contributed by atoms with Crippen LogP contribution in [0, 0.1) is 0 Å². The van der Waals surface area contributed by atoms with Crippen molar-refractivity contribution in [1.82, 2.24) is 4.98 Å². The Morgan fingerprint density at radius 3 is 2.81 bits per heavy atom. The molecular formula is C12H16BrNOS. The molecule has 0 amide bonds. The molecule has 1 aromatic heterocycles. The van der Waals surface area contributed by atoms with E-state index in [4.69, 9.17) is 0 Å². The number of rotatable bonds is 3. The van der Waals surface area contributed by atoms with Crippen molar-refractivity contribution >= 4 is 27.7 Å². The maximum absolute atomic E-state index is 10.4. The van der Waals surface area contributed by atoms with Crippen molar-refractivity contribution < 1.29 is 5.11 Å². The Morgan fingerprint density at radius 1 is 1.38 bits per heavy atom. The van der Waals surface area contributed by atoms with Gasteiger partial charge in [0, 0.05) is 16.4 Å². The van der Waals surface area contributed by atoms with E-state index in [0.717, 1.165) is 40.9 Å². The minimum absolute atomic E-state index is 0.472. The molecule has 0 radical (unpaired) electrons. The Labute approximate surface area is 109 Å². The van der Waals surface area contributed by atoms with Gasteiger partial charge in [0.15, 0.2) is 0 Å². The van der Waals surface area contributed by atoms with Crippen LogP contribution in [0.2, 0.25) is 0 Å². The lowest BCUT2D eigenvalue weighted by Crippen LogP contribution is -2.34. The van der Waals surface area contributed by atoms with Crippen LogP contribution in [-0.2, 0) is 0 Å². The summed E-state index contributed by atoms with van der Waals surface area (Å²) in [5.41, 5.74) is -0.472. The molecule has 0 atom stereocenters. The monoisotopic (exact) mass is 301 g/mol. The second-order valence-electron chi connectivity index (χ2n) is 4.36. The van der Waals surface area contributed by atoms with Crippen LogP contribution in [0.1, 0.15) is 32.1 Å². The van der Waals surface area contributed by atoms with Gasteiger partial charge in [0.2, 0.25) is 0 Å². The lowest BCUT2D eigenvalue weighted by Gasteiger charge is -2.31. The summed E-state index contributed by atoms with van der Waals surface area (Å²) >= 11 is 5.12. The summed E-state index contributed by atoms with van der Waals surface area (Å²) in [6.07, 6.45) is 7.23. The van der Waals surface area contributed by atoms with E-state index in [2.05, 4.69) is 20.9 Å². The highest BCUT2D eigenvalue weighted by Crippen LogP contribution is 2.34. The molecule has 88 valence electrons. The van der Waals surface area contributed by atoms with E-state index in [1.165, 1.54) is 6.42 Å². The first-order valence-corrected chi connectivity index (χ1v) is 7.43. The van der Waals surface area contributed by atoms with E-state index in [9.17, 15) is 5.11 Å². The Morgan fingerprint density at radius 2 is 2.12 bits per heavy atom. The van der Waals surface area contributed by atoms with Crippen LogP contribution >= 0.6 is 27.7 Å². The molecule has 0 unspecified atom stereocenters. The number of nitrogens with zero attached hydrogens (tertiary/aromatic N) is 1. The number of aromatic nitrogens is 1. The van der Waals surface area contributed by atoms with Gasteiger partial charge < -0.3 is 5.11 Å². The van der Waals surface area contributed by atoms with Gasteiger partial charge >= 0.3 is 0 Å². The van der Waals surface area contributed by atoms with Gasteiger partial charge in [0.25, 0.3) is 0 Å². The van der Waals surface area contributed by atoms with Gasteiger partial charge in [-0.05, 0) is 40.9 Å². The third-order valence-electron chi connectivity index (χ3n) is 2.99. The molecule has 1 aliphatic rings. The largest absolute Gasteiger partial charge is 0.389 e. The van der Waals surface area contributed by atoms with E-state index in [1.807, 2.05) is 12.1 Å².